The number of esters is 1. The second-order valence-electron chi connectivity index (χ2n) is 2.45. The predicted molar refractivity (Wildman–Crippen MR) is 39.3 cm³/mol. The van der Waals surface area contributed by atoms with E-state index in [2.05, 4.69) is 4.74 Å². The lowest BCUT2D eigenvalue weighted by molar-refractivity contribution is -0.854. The number of pyridine rings is 1. The first-order valence-corrected chi connectivity index (χ1v) is 3.62. The van der Waals surface area contributed by atoms with Crippen molar-refractivity contribution in [3.63, 3.8) is 0 Å². The van der Waals surface area contributed by atoms with Crippen LogP contribution in [0.5, 0.6) is 0 Å². The Balaban J connectivity index is 2.95. The van der Waals surface area contributed by atoms with Crippen LogP contribution >= 0.6 is 0 Å². The number of nitrogens with zero attached hydrogens (tertiary/aromatic N) is 1. The van der Waals surface area contributed by atoms with E-state index in [0.29, 0.717) is 0 Å². The van der Waals surface area contributed by atoms with Crippen LogP contribution in [0.4, 0.5) is 13.2 Å². The third-order valence-electron chi connectivity index (χ3n) is 1.54. The van der Waals surface area contributed by atoms with Crippen LogP contribution in [-0.2, 0) is 11.0 Å². The SMILES string of the molecule is COC(=O)c1cc[n+](C(F)(F)F)cc1. The highest BCUT2D eigenvalue weighted by molar-refractivity contribution is 5.88. The zero-order valence-corrected chi connectivity index (χ0v) is 7.21. The molecule has 1 rings (SSSR count). The smallest absolute Gasteiger partial charge is 0.465 e. The maximum Gasteiger partial charge on any atom is 0.637 e. The fourth-order valence-electron chi connectivity index (χ4n) is 0.849. The highest BCUT2D eigenvalue weighted by Crippen LogP contribution is 2.13. The van der Waals surface area contributed by atoms with E-state index in [-0.39, 0.29) is 10.1 Å². The normalized spacial score (nSPS) is 11.1. The molecule has 1 aromatic heterocycles. The van der Waals surface area contributed by atoms with E-state index in [1.165, 1.54) is 0 Å². The van der Waals surface area contributed by atoms with Crippen LogP contribution in [0.1, 0.15) is 10.4 Å². The zero-order valence-electron chi connectivity index (χ0n) is 7.21. The van der Waals surface area contributed by atoms with Gasteiger partial charge in [0.2, 0.25) is 0 Å². The molecule has 0 aliphatic rings. The second-order valence-corrected chi connectivity index (χ2v) is 2.45. The third-order valence-corrected chi connectivity index (χ3v) is 1.54. The van der Waals surface area contributed by atoms with Gasteiger partial charge in [-0.2, -0.15) is 0 Å². The number of methoxy groups -OCH3 is 1. The molecular weight excluding hydrogens is 199 g/mol. The minimum absolute atomic E-state index is 0.0411. The van der Waals surface area contributed by atoms with Crippen LogP contribution in [-0.4, -0.2) is 13.1 Å². The molecule has 0 fully saturated rings. The van der Waals surface area contributed by atoms with Crippen LogP contribution in [0.25, 0.3) is 0 Å². The largest absolute Gasteiger partial charge is 0.637 e. The van der Waals surface area contributed by atoms with Crippen molar-refractivity contribution in [3.8, 4) is 0 Å². The van der Waals surface area contributed by atoms with Crippen LogP contribution in [0, 0.1) is 0 Å². The quantitative estimate of drug-likeness (QED) is 0.511. The topological polar surface area (TPSA) is 30.2 Å². The number of rotatable bonds is 1. The minimum Gasteiger partial charge on any atom is -0.465 e. The van der Waals surface area contributed by atoms with Crippen molar-refractivity contribution >= 4 is 5.97 Å². The number of aromatic nitrogens is 1. The molecule has 0 saturated heterocycles. The first-order valence-electron chi connectivity index (χ1n) is 3.62. The Bertz CT molecular complexity index is 331. The first kappa shape index (κ1) is 10.5. The van der Waals surface area contributed by atoms with Crippen molar-refractivity contribution in [1.82, 2.24) is 0 Å². The van der Waals surface area contributed by atoms with Crippen molar-refractivity contribution in [2.75, 3.05) is 7.11 Å². The standard InChI is InChI=1S/C8H7F3NO2/c1-14-7(13)6-2-4-12(5-3-6)8(9,10)11/h2-5H,1H3/q+1. The molecule has 0 saturated carbocycles. The van der Waals surface area contributed by atoms with E-state index >= 15 is 0 Å². The van der Waals surface area contributed by atoms with Gasteiger partial charge in [-0.3, -0.25) is 0 Å². The van der Waals surface area contributed by atoms with Crippen molar-refractivity contribution in [2.45, 2.75) is 6.30 Å². The molecule has 0 unspecified atom stereocenters. The molecule has 0 N–H and O–H groups in total. The van der Waals surface area contributed by atoms with Gasteiger partial charge < -0.3 is 4.74 Å². The summed E-state index contributed by atoms with van der Waals surface area (Å²) in [5.41, 5.74) is 0.0769. The van der Waals surface area contributed by atoms with E-state index in [0.717, 1.165) is 31.6 Å². The highest BCUT2D eigenvalue weighted by atomic mass is 19.4. The molecule has 76 valence electrons. The number of hydrogen-bond acceptors (Lipinski definition) is 2. The number of carbonyl (C=O) groups is 1. The predicted octanol–water partition coefficient (Wildman–Crippen LogP) is 1.24. The summed E-state index contributed by atoms with van der Waals surface area (Å²) >= 11 is 0. The minimum atomic E-state index is -4.46. The van der Waals surface area contributed by atoms with Gasteiger partial charge in [-0.25, -0.2) is 4.79 Å². The number of hydrogen-bond donors (Lipinski definition) is 0. The Morgan fingerprint density at radius 1 is 1.36 bits per heavy atom. The highest BCUT2D eigenvalue weighted by Gasteiger charge is 2.40. The molecule has 0 atom stereocenters. The summed E-state index contributed by atoms with van der Waals surface area (Å²) in [6.45, 7) is 0. The molecule has 0 aromatic carbocycles. The average molecular weight is 206 g/mol. The van der Waals surface area contributed by atoms with Gasteiger partial charge in [0.25, 0.3) is 0 Å². The Morgan fingerprint density at radius 3 is 2.21 bits per heavy atom. The van der Waals surface area contributed by atoms with Crippen LogP contribution < -0.4 is 4.57 Å². The number of ether oxygens (including phenoxy) is 1. The lowest BCUT2D eigenvalue weighted by Gasteiger charge is -2.00. The number of halogens is 3. The van der Waals surface area contributed by atoms with Crippen molar-refractivity contribution < 1.29 is 27.3 Å². The van der Waals surface area contributed by atoms with E-state index in [1.807, 2.05) is 0 Å². The molecule has 0 radical (unpaired) electrons. The van der Waals surface area contributed by atoms with Crippen molar-refractivity contribution in [1.29, 1.82) is 0 Å². The van der Waals surface area contributed by atoms with Gasteiger partial charge in [0.05, 0.1) is 12.7 Å². The molecule has 0 aliphatic carbocycles. The van der Waals surface area contributed by atoms with Crippen molar-refractivity contribution in [2.24, 2.45) is 0 Å². The summed E-state index contributed by atoms with van der Waals surface area (Å²) in [6.07, 6.45) is -2.95. The van der Waals surface area contributed by atoms with E-state index < -0.39 is 12.3 Å². The van der Waals surface area contributed by atoms with E-state index in [4.69, 9.17) is 0 Å². The summed E-state index contributed by atoms with van der Waals surface area (Å²) in [6, 6.07) is 2.08. The summed E-state index contributed by atoms with van der Waals surface area (Å²) in [5, 5.41) is 0. The second kappa shape index (κ2) is 3.65. The molecule has 1 aromatic rings. The molecule has 1 heterocycles. The maximum absolute atomic E-state index is 12.0. The summed E-state index contributed by atoms with van der Waals surface area (Å²) < 4.78 is 40.5. The summed E-state index contributed by atoms with van der Waals surface area (Å²) in [7, 11) is 1.16. The molecular formula is C8H7F3NO2+. The van der Waals surface area contributed by atoms with Gasteiger partial charge in [0, 0.05) is 12.1 Å². The molecule has 0 spiro atoms. The van der Waals surface area contributed by atoms with Crippen molar-refractivity contribution in [3.05, 3.63) is 30.1 Å². The van der Waals surface area contributed by atoms with Gasteiger partial charge in [0.15, 0.2) is 12.4 Å². The molecule has 14 heavy (non-hydrogen) atoms. The Morgan fingerprint density at radius 2 is 1.86 bits per heavy atom. The number of alkyl halides is 3. The van der Waals surface area contributed by atoms with E-state index in [9.17, 15) is 18.0 Å². The van der Waals surface area contributed by atoms with Gasteiger partial charge >= 0.3 is 12.3 Å². The maximum atomic E-state index is 12.0. The molecule has 0 aliphatic heterocycles. The lowest BCUT2D eigenvalue weighted by atomic mass is 10.3. The molecule has 6 heteroatoms. The van der Waals surface area contributed by atoms with Gasteiger partial charge in [-0.1, -0.05) is 0 Å². The lowest BCUT2D eigenvalue weighted by Crippen LogP contribution is -2.46. The number of carbonyl (C=O) groups excluding carboxylic acids is 1. The molecule has 0 bridgehead atoms. The van der Waals surface area contributed by atoms with Gasteiger partial charge in [-0.15, -0.1) is 17.7 Å². The van der Waals surface area contributed by atoms with Gasteiger partial charge in [-0.05, 0) is 0 Å². The third kappa shape index (κ3) is 2.21. The first-order chi connectivity index (χ1) is 6.45. The van der Waals surface area contributed by atoms with E-state index in [1.54, 1.807) is 0 Å². The van der Waals surface area contributed by atoms with Gasteiger partial charge in [0.1, 0.15) is 0 Å². The van der Waals surface area contributed by atoms with Crippen LogP contribution in [0.15, 0.2) is 24.5 Å². The Labute approximate surface area is 77.7 Å². The average Bonchev–Trinajstić information content (AvgIpc) is 2.15. The monoisotopic (exact) mass is 206 g/mol. The zero-order chi connectivity index (χ0) is 10.8. The summed E-state index contributed by atoms with van der Waals surface area (Å²) in [5.74, 6) is -0.667. The molecule has 0 amide bonds. The fraction of sp³-hybridized carbons (Fsp3) is 0.250. The fourth-order valence-corrected chi connectivity index (χ4v) is 0.849. The Hall–Kier alpha value is -1.59. The molecule has 3 nitrogen and oxygen atoms in total. The summed E-state index contributed by atoms with van der Waals surface area (Å²) in [4.78, 5) is 10.9. The van der Waals surface area contributed by atoms with Crippen LogP contribution in [0.2, 0.25) is 0 Å². The van der Waals surface area contributed by atoms with Crippen LogP contribution in [0.3, 0.4) is 0 Å². The Kier molecular flexibility index (Phi) is 2.73.